The molecule has 0 bridgehead atoms. The van der Waals surface area contributed by atoms with E-state index in [4.69, 9.17) is 15.2 Å². The maximum absolute atomic E-state index is 12.5. The molecule has 0 saturated carbocycles. The van der Waals surface area contributed by atoms with E-state index in [0.717, 1.165) is 0 Å². The number of hydrogen-bond acceptors (Lipinski definition) is 5. The summed E-state index contributed by atoms with van der Waals surface area (Å²) < 4.78 is 10.6. The van der Waals surface area contributed by atoms with Crippen LogP contribution < -0.4 is 10.5 Å². The fraction of sp³-hybridized carbons (Fsp3) is 0.500. The number of benzene rings is 1. The first-order chi connectivity index (χ1) is 9.56. The van der Waals surface area contributed by atoms with Gasteiger partial charge in [-0.25, -0.2) is 0 Å². The Balaban J connectivity index is 2.22. The summed E-state index contributed by atoms with van der Waals surface area (Å²) in [4.78, 5) is 14.2. The average Bonchev–Trinajstić information content (AvgIpc) is 2.46. The van der Waals surface area contributed by atoms with Gasteiger partial charge < -0.3 is 25.2 Å². The van der Waals surface area contributed by atoms with Crippen LogP contribution in [0.3, 0.4) is 0 Å². The summed E-state index contributed by atoms with van der Waals surface area (Å²) in [5.41, 5.74) is 5.84. The number of morpholine rings is 1. The van der Waals surface area contributed by atoms with Crippen molar-refractivity contribution in [1.29, 1.82) is 0 Å². The van der Waals surface area contributed by atoms with Crippen LogP contribution in [0.15, 0.2) is 18.2 Å². The topological polar surface area (TPSA) is 85.0 Å². The lowest BCUT2D eigenvalue weighted by Gasteiger charge is -2.36. The van der Waals surface area contributed by atoms with Gasteiger partial charge in [0, 0.05) is 19.6 Å². The van der Waals surface area contributed by atoms with Gasteiger partial charge in [0.1, 0.15) is 0 Å². The fourth-order valence-electron chi connectivity index (χ4n) is 2.37. The van der Waals surface area contributed by atoms with Gasteiger partial charge in [-0.05, 0) is 19.1 Å². The quantitative estimate of drug-likeness (QED) is 0.846. The van der Waals surface area contributed by atoms with E-state index in [1.165, 1.54) is 7.11 Å². The standard InChI is InChI=1S/C14H20N2O4/c1-9-7-16(8-10(6-15)20-9)14(18)11-4-3-5-12(19-2)13(11)17/h3-5,9-10,17H,6-8,15H2,1-2H3. The van der Waals surface area contributed by atoms with E-state index in [9.17, 15) is 9.90 Å². The molecule has 0 spiro atoms. The molecule has 2 atom stereocenters. The number of rotatable bonds is 3. The lowest BCUT2D eigenvalue weighted by Crippen LogP contribution is -2.51. The van der Waals surface area contributed by atoms with Crippen LogP contribution in [0.2, 0.25) is 0 Å². The zero-order valence-electron chi connectivity index (χ0n) is 11.7. The molecule has 1 amide bonds. The Morgan fingerprint density at radius 3 is 2.95 bits per heavy atom. The minimum absolute atomic E-state index is 0.0750. The molecule has 3 N–H and O–H groups in total. The molecule has 1 saturated heterocycles. The first kappa shape index (κ1) is 14.6. The molecule has 1 aliphatic rings. The second kappa shape index (κ2) is 6.11. The molecule has 110 valence electrons. The van der Waals surface area contributed by atoms with Crippen LogP contribution in [0.1, 0.15) is 17.3 Å². The molecular formula is C14H20N2O4. The smallest absolute Gasteiger partial charge is 0.257 e. The Labute approximate surface area is 118 Å². The number of carbonyl (C=O) groups excluding carboxylic acids is 1. The molecule has 0 radical (unpaired) electrons. The van der Waals surface area contributed by atoms with Crippen LogP contribution >= 0.6 is 0 Å². The number of hydrogen-bond donors (Lipinski definition) is 2. The summed E-state index contributed by atoms with van der Waals surface area (Å²) in [6, 6.07) is 4.87. The van der Waals surface area contributed by atoms with Gasteiger partial charge in [-0.3, -0.25) is 4.79 Å². The number of amides is 1. The van der Waals surface area contributed by atoms with E-state index < -0.39 is 0 Å². The summed E-state index contributed by atoms with van der Waals surface area (Å²) in [6.07, 6.45) is -0.246. The zero-order chi connectivity index (χ0) is 14.7. The van der Waals surface area contributed by atoms with Crippen LogP contribution in [0.4, 0.5) is 0 Å². The van der Waals surface area contributed by atoms with Crippen molar-refractivity contribution in [3.63, 3.8) is 0 Å². The van der Waals surface area contributed by atoms with Crippen LogP contribution in [0.5, 0.6) is 11.5 Å². The van der Waals surface area contributed by atoms with Gasteiger partial charge in [0.05, 0.1) is 24.9 Å². The van der Waals surface area contributed by atoms with Gasteiger partial charge in [0.25, 0.3) is 5.91 Å². The summed E-state index contributed by atoms with van der Waals surface area (Å²) in [5.74, 6) is -0.0917. The van der Waals surface area contributed by atoms with Crippen molar-refractivity contribution in [2.24, 2.45) is 5.73 Å². The van der Waals surface area contributed by atoms with Crippen LogP contribution in [0, 0.1) is 0 Å². The molecule has 1 aromatic rings. The normalized spacial score (nSPS) is 22.6. The number of phenols is 1. The number of nitrogens with two attached hydrogens (primary N) is 1. The molecule has 1 heterocycles. The number of aromatic hydroxyl groups is 1. The highest BCUT2D eigenvalue weighted by atomic mass is 16.5. The van der Waals surface area contributed by atoms with Crippen molar-refractivity contribution >= 4 is 5.91 Å². The molecular weight excluding hydrogens is 260 g/mol. The third kappa shape index (κ3) is 2.86. The summed E-state index contributed by atoms with van der Waals surface area (Å²) in [5, 5.41) is 10.1. The van der Waals surface area contributed by atoms with E-state index in [0.29, 0.717) is 19.6 Å². The number of para-hydroxylation sites is 1. The highest BCUT2D eigenvalue weighted by molar-refractivity contribution is 5.97. The molecule has 1 aromatic carbocycles. The SMILES string of the molecule is COc1cccc(C(=O)N2CC(C)OC(CN)C2)c1O. The van der Waals surface area contributed by atoms with Gasteiger partial charge in [-0.1, -0.05) is 6.07 Å². The summed E-state index contributed by atoms with van der Waals surface area (Å²) >= 11 is 0. The number of phenolic OH excluding ortho intramolecular Hbond substituents is 1. The van der Waals surface area contributed by atoms with Crippen LogP contribution in [0.25, 0.3) is 0 Å². The Morgan fingerprint density at radius 2 is 2.30 bits per heavy atom. The second-order valence-corrected chi connectivity index (χ2v) is 4.87. The Bertz CT molecular complexity index is 492. The largest absolute Gasteiger partial charge is 0.504 e. The molecule has 20 heavy (non-hydrogen) atoms. The van der Waals surface area contributed by atoms with Crippen molar-refractivity contribution in [3.05, 3.63) is 23.8 Å². The molecule has 6 heteroatoms. The minimum Gasteiger partial charge on any atom is -0.504 e. The Kier molecular flexibility index (Phi) is 4.46. The fourth-order valence-corrected chi connectivity index (χ4v) is 2.37. The molecule has 1 aliphatic heterocycles. The van der Waals surface area contributed by atoms with E-state index in [-0.39, 0.29) is 35.2 Å². The van der Waals surface area contributed by atoms with Gasteiger partial charge >= 0.3 is 0 Å². The van der Waals surface area contributed by atoms with Crippen molar-refractivity contribution in [1.82, 2.24) is 4.90 Å². The van der Waals surface area contributed by atoms with Gasteiger partial charge in [0.15, 0.2) is 11.5 Å². The van der Waals surface area contributed by atoms with Crippen molar-refractivity contribution in [2.75, 3.05) is 26.7 Å². The van der Waals surface area contributed by atoms with E-state index in [1.807, 2.05) is 6.92 Å². The number of nitrogens with zero attached hydrogens (tertiary/aromatic N) is 1. The van der Waals surface area contributed by atoms with Crippen molar-refractivity contribution in [3.8, 4) is 11.5 Å². The van der Waals surface area contributed by atoms with E-state index >= 15 is 0 Å². The molecule has 2 rings (SSSR count). The molecule has 0 aromatic heterocycles. The zero-order valence-corrected chi connectivity index (χ0v) is 11.7. The predicted octanol–water partition coefficient (Wildman–Crippen LogP) is 0.589. The first-order valence-electron chi connectivity index (χ1n) is 6.57. The lowest BCUT2D eigenvalue weighted by atomic mass is 10.1. The molecule has 6 nitrogen and oxygen atoms in total. The third-order valence-corrected chi connectivity index (χ3v) is 3.33. The average molecular weight is 280 g/mol. The number of ether oxygens (including phenoxy) is 2. The summed E-state index contributed by atoms with van der Waals surface area (Å²) in [6.45, 7) is 3.16. The molecule has 2 unspecified atom stereocenters. The van der Waals surface area contributed by atoms with Gasteiger partial charge in [0.2, 0.25) is 0 Å². The van der Waals surface area contributed by atoms with Crippen molar-refractivity contribution < 1.29 is 19.4 Å². The predicted molar refractivity (Wildman–Crippen MR) is 74.0 cm³/mol. The Hall–Kier alpha value is -1.79. The van der Waals surface area contributed by atoms with E-state index in [1.54, 1.807) is 23.1 Å². The highest BCUT2D eigenvalue weighted by Gasteiger charge is 2.29. The van der Waals surface area contributed by atoms with Crippen LogP contribution in [-0.2, 0) is 4.74 Å². The molecule has 0 aliphatic carbocycles. The maximum Gasteiger partial charge on any atom is 0.257 e. The number of carbonyl (C=O) groups is 1. The highest BCUT2D eigenvalue weighted by Crippen LogP contribution is 2.30. The minimum atomic E-state index is -0.241. The molecule has 1 fully saturated rings. The van der Waals surface area contributed by atoms with Crippen molar-refractivity contribution in [2.45, 2.75) is 19.1 Å². The third-order valence-electron chi connectivity index (χ3n) is 3.33. The van der Waals surface area contributed by atoms with Crippen LogP contribution in [-0.4, -0.2) is 54.9 Å². The van der Waals surface area contributed by atoms with Gasteiger partial charge in [-0.2, -0.15) is 0 Å². The lowest BCUT2D eigenvalue weighted by molar-refractivity contribution is -0.0626. The maximum atomic E-state index is 12.5. The number of methoxy groups -OCH3 is 1. The monoisotopic (exact) mass is 280 g/mol. The first-order valence-corrected chi connectivity index (χ1v) is 6.57. The van der Waals surface area contributed by atoms with E-state index in [2.05, 4.69) is 0 Å². The second-order valence-electron chi connectivity index (χ2n) is 4.87. The summed E-state index contributed by atoms with van der Waals surface area (Å²) in [7, 11) is 1.45. The van der Waals surface area contributed by atoms with Gasteiger partial charge in [-0.15, -0.1) is 0 Å². The Morgan fingerprint density at radius 1 is 1.55 bits per heavy atom.